The van der Waals surface area contributed by atoms with Crippen molar-refractivity contribution >= 4 is 17.7 Å². The summed E-state index contributed by atoms with van der Waals surface area (Å²) in [6, 6.07) is 9.57. The number of benzene rings is 1. The molecule has 1 aromatic carbocycles. The normalized spacial score (nSPS) is 21.4. The molecule has 2 heterocycles. The van der Waals surface area contributed by atoms with Crippen molar-refractivity contribution < 1.29 is 13.9 Å². The molecule has 1 saturated heterocycles. The number of rotatable bonds is 4. The molecule has 0 spiro atoms. The van der Waals surface area contributed by atoms with Crippen LogP contribution in [-0.4, -0.2) is 52.1 Å². The second-order valence-corrected chi connectivity index (χ2v) is 6.51. The van der Waals surface area contributed by atoms with Crippen molar-refractivity contribution in [2.75, 3.05) is 18.8 Å². The maximum Gasteiger partial charge on any atom is 0.277 e. The molecule has 0 N–H and O–H groups in total. The third-order valence-electron chi connectivity index (χ3n) is 3.52. The third kappa shape index (κ3) is 4.11. The Morgan fingerprint density at radius 2 is 1.91 bits per heavy atom. The van der Waals surface area contributed by atoms with Crippen molar-refractivity contribution in [1.82, 2.24) is 15.1 Å². The summed E-state index contributed by atoms with van der Waals surface area (Å²) in [7, 11) is 0. The number of hydrogen-bond donors (Lipinski definition) is 0. The number of ether oxygens (including phenoxy) is 1. The Morgan fingerprint density at radius 3 is 2.61 bits per heavy atom. The van der Waals surface area contributed by atoms with Crippen molar-refractivity contribution in [3.05, 3.63) is 30.3 Å². The van der Waals surface area contributed by atoms with Gasteiger partial charge in [0.05, 0.1) is 18.0 Å². The molecule has 1 amide bonds. The lowest BCUT2D eigenvalue weighted by atomic mass is 10.2. The Bertz CT molecular complexity index is 652. The number of aromatic nitrogens is 2. The van der Waals surface area contributed by atoms with E-state index >= 15 is 0 Å². The first-order chi connectivity index (χ1) is 11.1. The molecule has 0 saturated carbocycles. The smallest absolute Gasteiger partial charge is 0.277 e. The monoisotopic (exact) mass is 333 g/mol. The van der Waals surface area contributed by atoms with E-state index in [1.807, 2.05) is 49.1 Å². The molecule has 2 atom stereocenters. The first kappa shape index (κ1) is 16.0. The first-order valence-corrected chi connectivity index (χ1v) is 8.55. The van der Waals surface area contributed by atoms with Crippen LogP contribution in [0.2, 0.25) is 0 Å². The highest BCUT2D eigenvalue weighted by Crippen LogP contribution is 2.23. The molecule has 23 heavy (non-hydrogen) atoms. The van der Waals surface area contributed by atoms with Gasteiger partial charge in [0.1, 0.15) is 0 Å². The molecule has 2 aromatic rings. The SMILES string of the molecule is C[C@@H]1CN(C(=O)CSc2nnc(-c3ccccc3)o2)C[C@@H](C)O1. The summed E-state index contributed by atoms with van der Waals surface area (Å²) in [4.78, 5) is 14.1. The summed E-state index contributed by atoms with van der Waals surface area (Å²) in [6.07, 6.45) is 0.140. The second kappa shape index (κ2) is 7.14. The highest BCUT2D eigenvalue weighted by atomic mass is 32.2. The van der Waals surface area contributed by atoms with E-state index in [1.54, 1.807) is 0 Å². The van der Waals surface area contributed by atoms with Gasteiger partial charge in [0.25, 0.3) is 5.22 Å². The number of amides is 1. The molecule has 0 aliphatic carbocycles. The van der Waals surface area contributed by atoms with Crippen molar-refractivity contribution in [1.29, 1.82) is 0 Å². The first-order valence-electron chi connectivity index (χ1n) is 7.57. The van der Waals surface area contributed by atoms with Gasteiger partial charge in [-0.3, -0.25) is 4.79 Å². The highest BCUT2D eigenvalue weighted by Gasteiger charge is 2.26. The lowest BCUT2D eigenvalue weighted by Crippen LogP contribution is -2.48. The van der Waals surface area contributed by atoms with E-state index in [9.17, 15) is 4.79 Å². The highest BCUT2D eigenvalue weighted by molar-refractivity contribution is 7.99. The third-order valence-corrected chi connectivity index (χ3v) is 4.32. The van der Waals surface area contributed by atoms with Gasteiger partial charge in [0.2, 0.25) is 11.8 Å². The van der Waals surface area contributed by atoms with Gasteiger partial charge in [-0.1, -0.05) is 30.0 Å². The van der Waals surface area contributed by atoms with Crippen LogP contribution >= 0.6 is 11.8 Å². The van der Waals surface area contributed by atoms with E-state index in [-0.39, 0.29) is 23.9 Å². The maximum atomic E-state index is 12.3. The Kier molecular flexibility index (Phi) is 4.97. The van der Waals surface area contributed by atoms with Crippen LogP contribution in [0.1, 0.15) is 13.8 Å². The number of nitrogens with zero attached hydrogens (tertiary/aromatic N) is 3. The quantitative estimate of drug-likeness (QED) is 0.801. The molecule has 1 aromatic heterocycles. The maximum absolute atomic E-state index is 12.3. The van der Waals surface area contributed by atoms with Crippen LogP contribution in [0, 0.1) is 0 Å². The molecule has 0 radical (unpaired) electrons. The number of hydrogen-bond acceptors (Lipinski definition) is 6. The largest absolute Gasteiger partial charge is 0.411 e. The van der Waals surface area contributed by atoms with Crippen LogP contribution in [-0.2, 0) is 9.53 Å². The topological polar surface area (TPSA) is 68.5 Å². The molecule has 0 unspecified atom stereocenters. The molecular formula is C16H19N3O3S. The standard InChI is InChI=1S/C16H19N3O3S/c1-11-8-19(9-12(2)21-11)14(20)10-23-16-18-17-15(22-16)13-6-4-3-5-7-13/h3-7,11-12H,8-10H2,1-2H3/t11-,12-/m1/s1. The van der Waals surface area contributed by atoms with Gasteiger partial charge in [-0.15, -0.1) is 10.2 Å². The van der Waals surface area contributed by atoms with Gasteiger partial charge in [-0.25, -0.2) is 0 Å². The molecule has 0 bridgehead atoms. The molecule has 6 nitrogen and oxygen atoms in total. The number of morpholine rings is 1. The summed E-state index contributed by atoms with van der Waals surface area (Å²) in [5.74, 6) is 0.821. The van der Waals surface area contributed by atoms with Crippen LogP contribution in [0.25, 0.3) is 11.5 Å². The predicted molar refractivity (Wildman–Crippen MR) is 87.0 cm³/mol. The molecule has 7 heteroatoms. The van der Waals surface area contributed by atoms with Crippen molar-refractivity contribution in [3.63, 3.8) is 0 Å². The Morgan fingerprint density at radius 1 is 1.22 bits per heavy atom. The lowest BCUT2D eigenvalue weighted by Gasteiger charge is -2.35. The average Bonchev–Trinajstić information content (AvgIpc) is 3.01. The minimum Gasteiger partial charge on any atom is -0.411 e. The molecule has 122 valence electrons. The van der Waals surface area contributed by atoms with Crippen LogP contribution in [0.5, 0.6) is 0 Å². The van der Waals surface area contributed by atoms with Crippen molar-refractivity contribution in [2.45, 2.75) is 31.3 Å². The van der Waals surface area contributed by atoms with Gasteiger partial charge in [-0.2, -0.15) is 0 Å². The summed E-state index contributed by atoms with van der Waals surface area (Å²) in [5.41, 5.74) is 0.869. The number of carbonyl (C=O) groups excluding carboxylic acids is 1. The van der Waals surface area contributed by atoms with E-state index in [4.69, 9.17) is 9.15 Å². The van der Waals surface area contributed by atoms with Crippen molar-refractivity contribution in [3.8, 4) is 11.5 Å². The summed E-state index contributed by atoms with van der Waals surface area (Å²) < 4.78 is 11.2. The zero-order chi connectivity index (χ0) is 16.2. The van der Waals surface area contributed by atoms with Crippen LogP contribution < -0.4 is 0 Å². The summed E-state index contributed by atoms with van der Waals surface area (Å²) in [6.45, 7) is 5.21. The minimum absolute atomic E-state index is 0.0662. The molecule has 1 fully saturated rings. The van der Waals surface area contributed by atoms with Crippen LogP contribution in [0.3, 0.4) is 0 Å². The Balaban J connectivity index is 1.56. The number of thioether (sulfide) groups is 1. The Hall–Kier alpha value is -1.86. The molecule has 1 aliphatic rings. The number of carbonyl (C=O) groups is 1. The fraction of sp³-hybridized carbons (Fsp3) is 0.438. The van der Waals surface area contributed by atoms with Crippen LogP contribution in [0.4, 0.5) is 0 Å². The minimum atomic E-state index is 0.0662. The van der Waals surface area contributed by atoms with Crippen molar-refractivity contribution in [2.24, 2.45) is 0 Å². The summed E-state index contributed by atoms with van der Waals surface area (Å²) >= 11 is 1.27. The van der Waals surface area contributed by atoms with E-state index < -0.39 is 0 Å². The predicted octanol–water partition coefficient (Wildman–Crippen LogP) is 2.46. The van der Waals surface area contributed by atoms with E-state index in [1.165, 1.54) is 11.8 Å². The summed E-state index contributed by atoms with van der Waals surface area (Å²) in [5, 5.41) is 8.42. The van der Waals surface area contributed by atoms with Gasteiger partial charge >= 0.3 is 0 Å². The fourth-order valence-electron chi connectivity index (χ4n) is 2.56. The lowest BCUT2D eigenvalue weighted by molar-refractivity contribution is -0.140. The zero-order valence-electron chi connectivity index (χ0n) is 13.1. The average molecular weight is 333 g/mol. The van der Waals surface area contributed by atoms with Gasteiger partial charge < -0.3 is 14.1 Å². The zero-order valence-corrected chi connectivity index (χ0v) is 14.0. The van der Waals surface area contributed by atoms with E-state index in [0.717, 1.165) is 5.56 Å². The van der Waals surface area contributed by atoms with E-state index in [0.29, 0.717) is 24.2 Å². The van der Waals surface area contributed by atoms with E-state index in [2.05, 4.69) is 10.2 Å². The Labute approximate surface area is 139 Å². The molecule has 3 rings (SSSR count). The van der Waals surface area contributed by atoms with Gasteiger partial charge in [-0.05, 0) is 26.0 Å². The van der Waals surface area contributed by atoms with Gasteiger partial charge in [0, 0.05) is 18.7 Å². The second-order valence-electron chi connectivity index (χ2n) is 5.58. The molecule has 1 aliphatic heterocycles. The van der Waals surface area contributed by atoms with Gasteiger partial charge in [0.15, 0.2) is 0 Å². The fourth-order valence-corrected chi connectivity index (χ4v) is 3.23. The molecular weight excluding hydrogens is 314 g/mol. The van der Waals surface area contributed by atoms with Crippen LogP contribution in [0.15, 0.2) is 40.0 Å².